The molecule has 65 heavy (non-hydrogen) atoms. The maximum Gasteiger partial charge on any atom is 0.255 e. The van der Waals surface area contributed by atoms with Gasteiger partial charge in [0.1, 0.15) is 45.7 Å². The predicted octanol–water partition coefficient (Wildman–Crippen LogP) is -0.425. The number of hydrogen-bond acceptors (Lipinski definition) is 17. The number of aromatic hydroxyl groups is 2. The van der Waals surface area contributed by atoms with Gasteiger partial charge >= 0.3 is 0 Å². The first-order chi connectivity index (χ1) is 29.8. The van der Waals surface area contributed by atoms with Crippen LogP contribution < -0.4 is 16.4 Å². The van der Waals surface area contributed by atoms with Gasteiger partial charge in [-0.1, -0.05) is 12.1 Å². The van der Waals surface area contributed by atoms with Crippen molar-refractivity contribution in [2.45, 2.75) is 43.6 Å². The summed E-state index contributed by atoms with van der Waals surface area (Å²) in [6.07, 6.45) is -0.872. The summed E-state index contributed by atoms with van der Waals surface area (Å²) in [5.41, 5.74) is 8.72. The molecule has 8 rings (SSSR count). The van der Waals surface area contributed by atoms with Crippen LogP contribution in [-0.2, 0) is 40.8 Å². The Balaban J connectivity index is 0.000000212. The monoisotopic (exact) mass is 903 g/mol. The number of likely N-dealkylation sites (N-methyl/N-ethyl adjacent to an activating group) is 2. The second kappa shape index (κ2) is 16.4. The van der Waals surface area contributed by atoms with E-state index in [1.165, 1.54) is 50.2 Å². The van der Waals surface area contributed by atoms with Crippen molar-refractivity contribution in [2.24, 2.45) is 47.0 Å². The molecule has 6 aliphatic rings. The lowest BCUT2D eigenvalue weighted by molar-refractivity contribution is -0.153. The number of rotatable bonds is 5. The Morgan fingerprint density at radius 2 is 1.20 bits per heavy atom. The van der Waals surface area contributed by atoms with Crippen LogP contribution >= 0.6 is 0 Å². The number of benzene rings is 2. The van der Waals surface area contributed by atoms with Crippen LogP contribution in [0.4, 0.5) is 5.69 Å². The highest BCUT2D eigenvalue weighted by Crippen LogP contribution is 2.56. The van der Waals surface area contributed by atoms with Gasteiger partial charge in [-0.15, -0.1) is 0 Å². The third kappa shape index (κ3) is 6.85. The van der Waals surface area contributed by atoms with E-state index in [0.29, 0.717) is 18.4 Å². The van der Waals surface area contributed by atoms with Crippen LogP contribution in [0.15, 0.2) is 64.1 Å². The highest BCUT2D eigenvalue weighted by atomic mass is 16.3. The number of nitrogens with two attached hydrogens (primary N) is 2. The molecule has 2 fully saturated rings. The average Bonchev–Trinajstić information content (AvgIpc) is 3.17. The minimum Gasteiger partial charge on any atom is -0.510 e. The van der Waals surface area contributed by atoms with Gasteiger partial charge in [-0.2, -0.15) is 0 Å². The van der Waals surface area contributed by atoms with Gasteiger partial charge < -0.3 is 62.7 Å². The van der Waals surface area contributed by atoms with Gasteiger partial charge in [0.05, 0.1) is 52.7 Å². The summed E-state index contributed by atoms with van der Waals surface area (Å²) >= 11 is 0. The number of primary amides is 2. The number of anilines is 1. The van der Waals surface area contributed by atoms with Crippen LogP contribution in [-0.4, -0.2) is 152 Å². The van der Waals surface area contributed by atoms with E-state index in [2.05, 4.69) is 0 Å². The zero-order valence-corrected chi connectivity index (χ0v) is 36.5. The number of nitrogens with zero attached hydrogens (tertiary/aromatic N) is 3. The molecular weight excluding hydrogens is 851 g/mol. The number of phenols is 2. The molecule has 2 saturated carbocycles. The zero-order chi connectivity index (χ0) is 47.5. The molecule has 0 bridgehead atoms. The SMILES string of the molecule is CN(C)[C@@H]1C(O)=C(C(N)=O)C(=O)[C@H]2C(=O)C3=C(O)c4c(O)cccc4[C@@](C)(O)[C@H]3[C@H](O)[C@H]21.CN(C)c1ccc(O)c2c1C[C@H]1C[C@@H]3[C@@H](C(=O)C(C(N)=O)=C(O)[C@H]3N(C)C)C(=O)C1=C2O.O. The second-order valence-corrected chi connectivity index (χ2v) is 18.0. The number of hydrogen-bond donors (Lipinski definition) is 10. The van der Waals surface area contributed by atoms with Crippen molar-refractivity contribution in [3.05, 3.63) is 86.4 Å². The highest BCUT2D eigenvalue weighted by Gasteiger charge is 2.64. The van der Waals surface area contributed by atoms with E-state index in [1.54, 1.807) is 25.1 Å². The fraction of sp³-hybridized carbons (Fsp3) is 0.422. The maximum atomic E-state index is 13.6. The van der Waals surface area contributed by atoms with Gasteiger partial charge in [0.15, 0.2) is 23.1 Å². The molecule has 0 spiro atoms. The van der Waals surface area contributed by atoms with Crippen molar-refractivity contribution in [1.29, 1.82) is 0 Å². The van der Waals surface area contributed by atoms with E-state index in [1.807, 2.05) is 19.0 Å². The topological polar surface area (TPSA) is 358 Å². The largest absolute Gasteiger partial charge is 0.510 e. The quantitative estimate of drug-likeness (QED) is 0.134. The number of aliphatic hydroxyl groups is 6. The summed E-state index contributed by atoms with van der Waals surface area (Å²) in [5.74, 6) is -14.8. The molecule has 2 aromatic carbocycles. The third-order valence-electron chi connectivity index (χ3n) is 13.8. The predicted molar refractivity (Wildman–Crippen MR) is 231 cm³/mol. The zero-order valence-electron chi connectivity index (χ0n) is 36.5. The van der Waals surface area contributed by atoms with Gasteiger partial charge in [0.25, 0.3) is 11.8 Å². The number of carbonyl (C=O) groups is 6. The lowest BCUT2D eigenvalue weighted by Crippen LogP contribution is -2.63. The van der Waals surface area contributed by atoms with Gasteiger partial charge in [-0.25, -0.2) is 0 Å². The number of carbonyl (C=O) groups excluding carboxylic acids is 6. The first-order valence-electron chi connectivity index (χ1n) is 20.4. The van der Waals surface area contributed by atoms with Crippen LogP contribution in [0.3, 0.4) is 0 Å². The van der Waals surface area contributed by atoms with E-state index in [-0.39, 0.29) is 39.2 Å². The standard InChI is InChI=1S/C23H27N3O6.C22H24N2O8.H2O/c1-25(2)12-5-6-13(27)15-10(12)7-9-8-11-16(20(29)14(9)19(15)28)21(30)17(23(24)32)22(31)18(11)26(3)4;1-22(32)7-5-4-6-8(25)9(7)16(26)12-14(22)19(29)10-11(17(12)27)18(28)13(21(23)31)20(30)15(10)24(2)3;/h5-6,9,11,16,18,27-28,31H,7-8H2,1-4H3,(H2,24,32);4-6,10-11,14-15,19,25-26,29-30,32H,1-3H3,(H2,23,31);1H2/t9-,11+,16+,18-;10-,11-,14-,15+,19-,22-;/m01./s1. The Morgan fingerprint density at radius 3 is 1.74 bits per heavy atom. The van der Waals surface area contributed by atoms with Crippen molar-refractivity contribution in [3.8, 4) is 11.5 Å². The van der Waals surface area contributed by atoms with Gasteiger partial charge in [0.2, 0.25) is 0 Å². The van der Waals surface area contributed by atoms with Crippen LogP contribution in [0, 0.1) is 35.5 Å². The normalized spacial score (nSPS) is 30.4. The number of fused-ring (bicyclic) bond motifs is 6. The summed E-state index contributed by atoms with van der Waals surface area (Å²) in [6, 6.07) is 5.49. The first kappa shape index (κ1) is 47.9. The molecule has 2 aromatic rings. The summed E-state index contributed by atoms with van der Waals surface area (Å²) in [5, 5.41) is 87.0. The summed E-state index contributed by atoms with van der Waals surface area (Å²) < 4.78 is 0. The van der Waals surface area contributed by atoms with Crippen molar-refractivity contribution in [2.75, 3.05) is 47.2 Å². The Labute approximate surface area is 372 Å². The molecule has 2 amide bonds. The Bertz CT molecular complexity index is 2610. The number of aliphatic hydroxyl groups excluding tert-OH is 5. The first-order valence-corrected chi connectivity index (χ1v) is 20.4. The molecule has 0 radical (unpaired) electrons. The number of Topliss-reactive ketones (excluding diaryl/α,β-unsaturated/α-hetero) is 4. The highest BCUT2D eigenvalue weighted by molar-refractivity contribution is 6.29. The summed E-state index contributed by atoms with van der Waals surface area (Å²) in [4.78, 5) is 82.2. The van der Waals surface area contributed by atoms with Crippen LogP contribution in [0.1, 0.15) is 35.6 Å². The van der Waals surface area contributed by atoms with Crippen molar-refractivity contribution in [1.82, 2.24) is 9.80 Å². The lowest BCUT2D eigenvalue weighted by Gasteiger charge is -2.52. The molecule has 0 unspecified atom stereocenters. The summed E-state index contributed by atoms with van der Waals surface area (Å²) in [7, 11) is 10.1. The number of phenolic OH excluding ortho intramolecular Hbond substituents is 2. The minimum absolute atomic E-state index is 0. The summed E-state index contributed by atoms with van der Waals surface area (Å²) in [6.45, 7) is 1.33. The number of amides is 2. The van der Waals surface area contributed by atoms with E-state index in [9.17, 15) is 69.6 Å². The van der Waals surface area contributed by atoms with E-state index >= 15 is 0 Å². The smallest absolute Gasteiger partial charge is 0.255 e. The molecule has 0 aliphatic heterocycles. The molecule has 6 aliphatic carbocycles. The Morgan fingerprint density at radius 1 is 0.692 bits per heavy atom. The molecular formula is C45H53N5O15. The van der Waals surface area contributed by atoms with Crippen LogP contribution in [0.5, 0.6) is 11.5 Å². The molecule has 0 saturated heterocycles. The Kier molecular flexibility index (Phi) is 12.1. The van der Waals surface area contributed by atoms with E-state index in [4.69, 9.17) is 11.5 Å². The minimum atomic E-state index is -1.92. The maximum absolute atomic E-state index is 13.6. The fourth-order valence-corrected chi connectivity index (χ4v) is 11.3. The average molecular weight is 904 g/mol. The van der Waals surface area contributed by atoms with E-state index < -0.39 is 134 Å². The van der Waals surface area contributed by atoms with Crippen molar-refractivity contribution in [3.63, 3.8) is 0 Å². The molecule has 0 aromatic heterocycles. The number of ketones is 4. The molecule has 20 heteroatoms. The van der Waals surface area contributed by atoms with Gasteiger partial charge in [0, 0.05) is 36.8 Å². The fourth-order valence-electron chi connectivity index (χ4n) is 11.3. The van der Waals surface area contributed by atoms with E-state index in [0.717, 1.165) is 5.69 Å². The Hall–Kier alpha value is -6.58. The molecule has 14 N–H and O–H groups in total. The van der Waals surface area contributed by atoms with Crippen LogP contribution in [0.25, 0.3) is 11.5 Å². The third-order valence-corrected chi connectivity index (χ3v) is 13.8. The van der Waals surface area contributed by atoms with Crippen molar-refractivity contribution >= 4 is 52.2 Å². The molecule has 20 nitrogen and oxygen atoms in total. The van der Waals surface area contributed by atoms with Crippen LogP contribution in [0.2, 0.25) is 0 Å². The van der Waals surface area contributed by atoms with Crippen molar-refractivity contribution < 1.29 is 75.1 Å². The molecule has 0 heterocycles. The molecule has 348 valence electrons. The number of allylic oxidation sites excluding steroid dienone is 1. The van der Waals surface area contributed by atoms with Gasteiger partial charge in [-0.3, -0.25) is 38.6 Å². The van der Waals surface area contributed by atoms with Gasteiger partial charge in [-0.05, 0) is 89.1 Å². The lowest BCUT2D eigenvalue weighted by atomic mass is 9.54. The second-order valence-electron chi connectivity index (χ2n) is 18.0. The molecule has 10 atom stereocenters.